The average Bonchev–Trinajstić information content (AvgIpc) is 2.44. The summed E-state index contributed by atoms with van der Waals surface area (Å²) < 4.78 is 13.4. The number of rotatable bonds is 7. The Hall–Kier alpha value is -3.09. The van der Waals surface area contributed by atoms with Crippen molar-refractivity contribution >= 4 is 11.4 Å². The predicted molar refractivity (Wildman–Crippen MR) is 66.1 cm³/mol. The molecule has 0 bridgehead atoms. The van der Waals surface area contributed by atoms with Crippen LogP contribution in [0.5, 0.6) is 5.75 Å². The maximum atomic E-state index is 13.4. The molecule has 0 spiro atoms. The van der Waals surface area contributed by atoms with Crippen molar-refractivity contribution in [2.45, 2.75) is 0 Å². The second-order valence-electron chi connectivity index (χ2n) is 3.82. The Morgan fingerprint density at radius 1 is 1.27 bits per heavy atom. The molecule has 120 valence electrons. The standard InChI is InChI=1S/C9H10FN5O7/c1-12(2-3-16)15(21)11-22-9-4-6(10)7(13(17)18)5-8(9)14(19)20/h4-5,16H,2-3H2,1H3/b15-11-. The topological polar surface area (TPSA) is 157 Å². The molecule has 1 aromatic rings. The van der Waals surface area contributed by atoms with Crippen LogP contribution in [0.25, 0.3) is 0 Å². The number of nitro benzene ring substituents is 2. The molecule has 1 N–H and O–H groups in total. The summed E-state index contributed by atoms with van der Waals surface area (Å²) in [5, 5.41) is 45.0. The van der Waals surface area contributed by atoms with Gasteiger partial charge in [0.1, 0.15) is 6.07 Å². The Bertz CT molecular complexity index is 623. The number of aliphatic hydroxyl groups is 1. The van der Waals surface area contributed by atoms with Crippen molar-refractivity contribution in [3.05, 3.63) is 43.4 Å². The SMILES string of the molecule is CN(CCO)/[N+]([O-])=N/Oc1cc(F)c([N+](=O)[O-])cc1[N+](=O)[O-]. The Labute approximate surface area is 121 Å². The van der Waals surface area contributed by atoms with Gasteiger partial charge in [-0.05, 0) is 0 Å². The Kier molecular flexibility index (Phi) is 5.45. The van der Waals surface area contributed by atoms with Crippen LogP contribution in [-0.4, -0.2) is 45.1 Å². The maximum absolute atomic E-state index is 13.4. The molecule has 0 saturated carbocycles. The van der Waals surface area contributed by atoms with E-state index in [1.807, 2.05) is 0 Å². The summed E-state index contributed by atoms with van der Waals surface area (Å²) in [6.45, 7) is -0.468. The van der Waals surface area contributed by atoms with Gasteiger partial charge >= 0.3 is 11.4 Å². The number of halogens is 1. The minimum Gasteiger partial charge on any atom is -0.569 e. The van der Waals surface area contributed by atoms with Gasteiger partial charge in [-0.15, -0.1) is 5.01 Å². The smallest absolute Gasteiger partial charge is 0.321 e. The van der Waals surface area contributed by atoms with Gasteiger partial charge in [0.15, 0.2) is 0 Å². The fraction of sp³-hybridized carbons (Fsp3) is 0.333. The number of nitrogens with zero attached hydrogens (tertiary/aromatic N) is 5. The van der Waals surface area contributed by atoms with Gasteiger partial charge in [0.2, 0.25) is 16.8 Å². The normalized spacial score (nSPS) is 11.1. The van der Waals surface area contributed by atoms with E-state index in [2.05, 4.69) is 10.1 Å². The highest BCUT2D eigenvalue weighted by Crippen LogP contribution is 2.33. The van der Waals surface area contributed by atoms with E-state index < -0.39 is 32.8 Å². The van der Waals surface area contributed by atoms with Gasteiger partial charge in [0, 0.05) is 6.07 Å². The van der Waals surface area contributed by atoms with Gasteiger partial charge in [0.05, 0.1) is 35.0 Å². The molecular formula is C9H10FN5O7. The minimum atomic E-state index is -1.39. The zero-order chi connectivity index (χ0) is 16.9. The van der Waals surface area contributed by atoms with Crippen LogP contribution in [0.3, 0.4) is 0 Å². The third-order valence-corrected chi connectivity index (χ3v) is 2.35. The molecule has 0 amide bonds. The van der Waals surface area contributed by atoms with Gasteiger partial charge in [-0.1, -0.05) is 0 Å². The molecule has 0 aromatic heterocycles. The lowest BCUT2D eigenvalue weighted by Gasteiger charge is -2.10. The highest BCUT2D eigenvalue weighted by atomic mass is 19.1. The van der Waals surface area contributed by atoms with E-state index in [1.165, 1.54) is 7.05 Å². The minimum absolute atomic E-state index is 0.104. The van der Waals surface area contributed by atoms with Crippen LogP contribution >= 0.6 is 0 Å². The summed E-state index contributed by atoms with van der Waals surface area (Å²) in [5.74, 6) is -2.17. The number of benzene rings is 1. The fourth-order valence-corrected chi connectivity index (χ4v) is 1.26. The second kappa shape index (κ2) is 7.07. The van der Waals surface area contributed by atoms with Crippen molar-refractivity contribution in [2.24, 2.45) is 5.28 Å². The maximum Gasteiger partial charge on any atom is 0.321 e. The molecule has 0 heterocycles. The van der Waals surface area contributed by atoms with Crippen LogP contribution in [-0.2, 0) is 0 Å². The van der Waals surface area contributed by atoms with E-state index in [0.29, 0.717) is 12.1 Å². The van der Waals surface area contributed by atoms with E-state index in [1.54, 1.807) is 0 Å². The zero-order valence-corrected chi connectivity index (χ0v) is 11.1. The number of aliphatic hydroxyl groups excluding tert-OH is 1. The van der Waals surface area contributed by atoms with Crippen molar-refractivity contribution in [3.63, 3.8) is 0 Å². The number of likely N-dealkylation sites (N-methyl/N-ethyl adjacent to an activating group) is 1. The third-order valence-electron chi connectivity index (χ3n) is 2.35. The quantitative estimate of drug-likeness (QED) is 0.333. The summed E-state index contributed by atoms with van der Waals surface area (Å²) in [7, 11) is 1.24. The molecule has 0 radical (unpaired) electrons. The summed E-state index contributed by atoms with van der Waals surface area (Å²) in [6.07, 6.45) is 0. The van der Waals surface area contributed by atoms with Crippen LogP contribution in [0.2, 0.25) is 0 Å². The summed E-state index contributed by atoms with van der Waals surface area (Å²) in [5.41, 5.74) is -2.05. The van der Waals surface area contributed by atoms with E-state index in [0.717, 1.165) is 5.01 Å². The molecule has 0 saturated heterocycles. The van der Waals surface area contributed by atoms with Crippen LogP contribution in [0.15, 0.2) is 17.4 Å². The Balaban J connectivity index is 3.14. The number of hydrazine groups is 1. The molecule has 12 nitrogen and oxygen atoms in total. The van der Waals surface area contributed by atoms with Gasteiger partial charge in [-0.2, -0.15) is 4.39 Å². The van der Waals surface area contributed by atoms with Crippen molar-refractivity contribution < 1.29 is 29.2 Å². The molecule has 1 rings (SSSR count). The summed E-state index contributed by atoms with van der Waals surface area (Å²) in [6, 6.07) is 0.729. The van der Waals surface area contributed by atoms with Crippen LogP contribution in [0.1, 0.15) is 0 Å². The van der Waals surface area contributed by atoms with Gasteiger partial charge in [-0.3, -0.25) is 25.1 Å². The number of hydrogen-bond donors (Lipinski definition) is 1. The van der Waals surface area contributed by atoms with Crippen molar-refractivity contribution in [1.29, 1.82) is 0 Å². The summed E-state index contributed by atoms with van der Waals surface area (Å²) in [4.78, 5) is 23.4. The molecule has 0 atom stereocenters. The lowest BCUT2D eigenvalue weighted by molar-refractivity contribution is -0.701. The highest BCUT2D eigenvalue weighted by Gasteiger charge is 2.27. The largest absolute Gasteiger partial charge is 0.569 e. The van der Waals surface area contributed by atoms with Crippen molar-refractivity contribution in [3.8, 4) is 5.75 Å². The van der Waals surface area contributed by atoms with E-state index in [-0.39, 0.29) is 18.1 Å². The monoisotopic (exact) mass is 319 g/mol. The zero-order valence-electron chi connectivity index (χ0n) is 11.1. The first-order valence-electron chi connectivity index (χ1n) is 5.57. The average molecular weight is 319 g/mol. The molecule has 1 aromatic carbocycles. The molecule has 0 aliphatic rings. The predicted octanol–water partition coefficient (Wildman–Crippen LogP) is 0.737. The fourth-order valence-electron chi connectivity index (χ4n) is 1.26. The molecule has 13 heteroatoms. The van der Waals surface area contributed by atoms with Crippen molar-refractivity contribution in [1.82, 2.24) is 5.01 Å². The number of hydrogen-bond acceptors (Lipinski definition) is 8. The van der Waals surface area contributed by atoms with Gasteiger partial charge in [-0.25, -0.2) is 0 Å². The van der Waals surface area contributed by atoms with Crippen molar-refractivity contribution in [2.75, 3.05) is 20.2 Å². The second-order valence-corrected chi connectivity index (χ2v) is 3.82. The Morgan fingerprint density at radius 3 is 2.36 bits per heavy atom. The molecule has 0 aliphatic carbocycles. The van der Waals surface area contributed by atoms with E-state index in [4.69, 9.17) is 5.11 Å². The lowest BCUT2D eigenvalue weighted by atomic mass is 10.2. The summed E-state index contributed by atoms with van der Waals surface area (Å²) >= 11 is 0. The lowest BCUT2D eigenvalue weighted by Crippen LogP contribution is -2.29. The molecule has 22 heavy (non-hydrogen) atoms. The molecule has 0 unspecified atom stereocenters. The van der Waals surface area contributed by atoms with Crippen LogP contribution < -0.4 is 4.84 Å². The Morgan fingerprint density at radius 2 is 1.86 bits per heavy atom. The van der Waals surface area contributed by atoms with E-state index >= 15 is 0 Å². The first kappa shape index (κ1) is 17.0. The number of nitro groups is 2. The molecular weight excluding hydrogens is 309 g/mol. The molecule has 0 aliphatic heterocycles. The third kappa shape index (κ3) is 3.95. The molecule has 0 fully saturated rings. The first-order valence-corrected chi connectivity index (χ1v) is 5.57. The van der Waals surface area contributed by atoms with E-state index in [9.17, 15) is 29.8 Å². The van der Waals surface area contributed by atoms with Crippen LogP contribution in [0, 0.1) is 31.3 Å². The van der Waals surface area contributed by atoms with Gasteiger partial charge < -0.3 is 10.3 Å². The van der Waals surface area contributed by atoms with Gasteiger partial charge in [0.25, 0.3) is 0 Å². The highest BCUT2D eigenvalue weighted by molar-refractivity contribution is 5.54. The van der Waals surface area contributed by atoms with Crippen LogP contribution in [0.4, 0.5) is 15.8 Å². The first-order chi connectivity index (χ1) is 10.3.